The number of carbonyl (C=O) groups excluding carboxylic acids is 1. The molecule has 0 aliphatic carbocycles. The van der Waals surface area contributed by atoms with E-state index in [-0.39, 0.29) is 5.91 Å². The molecule has 0 unspecified atom stereocenters. The first-order chi connectivity index (χ1) is 15.7. The molecule has 6 nitrogen and oxygen atoms in total. The van der Waals surface area contributed by atoms with E-state index in [1.165, 1.54) is 16.9 Å². The van der Waals surface area contributed by atoms with Crippen molar-refractivity contribution < 1.29 is 9.53 Å². The van der Waals surface area contributed by atoms with Crippen molar-refractivity contribution in [3.63, 3.8) is 0 Å². The minimum Gasteiger partial charge on any atom is -0.424 e. The summed E-state index contributed by atoms with van der Waals surface area (Å²) in [4.78, 5) is 23.5. The van der Waals surface area contributed by atoms with Crippen molar-refractivity contribution in [2.45, 2.75) is 31.8 Å². The second-order valence-electron chi connectivity index (χ2n) is 8.02. The lowest BCUT2D eigenvalue weighted by molar-refractivity contribution is 0.100. The molecule has 1 saturated heterocycles. The number of primary amides is 1. The lowest BCUT2D eigenvalue weighted by Crippen LogP contribution is -2.31. The molecule has 0 radical (unpaired) electrons. The molecule has 32 heavy (non-hydrogen) atoms. The molecule has 7 heteroatoms. The van der Waals surface area contributed by atoms with Crippen LogP contribution in [0.1, 0.15) is 33.6 Å². The number of hydrogen-bond donors (Lipinski definition) is 1. The Balaban J connectivity index is 1.30. The average Bonchev–Trinajstić information content (AvgIpc) is 3.41. The second kappa shape index (κ2) is 9.06. The van der Waals surface area contributed by atoms with Crippen molar-refractivity contribution >= 4 is 27.3 Å². The molecule has 162 valence electrons. The summed E-state index contributed by atoms with van der Waals surface area (Å²) in [6, 6.07) is 18.8. The van der Waals surface area contributed by atoms with Crippen LogP contribution in [-0.4, -0.2) is 33.4 Å². The van der Waals surface area contributed by atoms with Gasteiger partial charge in [-0.05, 0) is 66.6 Å². The van der Waals surface area contributed by atoms with E-state index >= 15 is 0 Å². The number of carbonyl (C=O) groups is 1. The number of nitrogens with zero attached hydrogens (tertiary/aromatic N) is 3. The summed E-state index contributed by atoms with van der Waals surface area (Å²) >= 11 is 1.51. The number of rotatable bonds is 7. The number of amides is 1. The molecule has 0 saturated carbocycles. The zero-order valence-electron chi connectivity index (χ0n) is 17.6. The monoisotopic (exact) mass is 444 g/mol. The zero-order chi connectivity index (χ0) is 21.9. The third-order valence-corrected chi connectivity index (χ3v) is 7.15. The van der Waals surface area contributed by atoms with Gasteiger partial charge in [-0.2, -0.15) is 0 Å². The van der Waals surface area contributed by atoms with Gasteiger partial charge in [0.2, 0.25) is 0 Å². The maximum Gasteiger partial charge on any atom is 0.321 e. The predicted octanol–water partition coefficient (Wildman–Crippen LogP) is 4.79. The first kappa shape index (κ1) is 20.6. The average molecular weight is 445 g/mol. The quantitative estimate of drug-likeness (QED) is 0.443. The lowest BCUT2D eigenvalue weighted by atomic mass is 10.00. The highest BCUT2D eigenvalue weighted by Crippen LogP contribution is 2.34. The molecular formula is C25H24N4O2S. The van der Waals surface area contributed by atoms with Crippen molar-refractivity contribution in [2.24, 2.45) is 5.73 Å². The Kier molecular flexibility index (Phi) is 5.83. The van der Waals surface area contributed by atoms with Crippen molar-refractivity contribution in [1.29, 1.82) is 0 Å². The highest BCUT2D eigenvalue weighted by Gasteiger charge is 2.28. The Morgan fingerprint density at radius 1 is 1.09 bits per heavy atom. The Bertz CT molecular complexity index is 1220. The van der Waals surface area contributed by atoms with Gasteiger partial charge in [0.1, 0.15) is 5.75 Å². The van der Waals surface area contributed by atoms with Crippen molar-refractivity contribution in [3.8, 4) is 11.8 Å². The fourth-order valence-corrected chi connectivity index (χ4v) is 5.50. The third-order valence-electron chi connectivity index (χ3n) is 5.92. The molecule has 1 aliphatic rings. The summed E-state index contributed by atoms with van der Waals surface area (Å²) in [5, 5.41) is 1.16. The van der Waals surface area contributed by atoms with Crippen LogP contribution in [-0.2, 0) is 13.0 Å². The number of hydrogen-bond acceptors (Lipinski definition) is 6. The van der Waals surface area contributed by atoms with E-state index in [1.807, 2.05) is 24.3 Å². The van der Waals surface area contributed by atoms with Crippen LogP contribution in [0.4, 0.5) is 0 Å². The van der Waals surface area contributed by atoms with E-state index in [0.29, 0.717) is 22.7 Å². The smallest absolute Gasteiger partial charge is 0.321 e. The number of thiophene rings is 1. The highest BCUT2D eigenvalue weighted by molar-refractivity contribution is 7.21. The molecule has 2 aromatic heterocycles. The lowest BCUT2D eigenvalue weighted by Gasteiger charge is -2.25. The fourth-order valence-electron chi connectivity index (χ4n) is 4.41. The van der Waals surface area contributed by atoms with Crippen molar-refractivity contribution in [2.75, 3.05) is 6.54 Å². The first-order valence-corrected chi connectivity index (χ1v) is 11.6. The van der Waals surface area contributed by atoms with Crippen LogP contribution in [0.3, 0.4) is 0 Å². The molecule has 1 fully saturated rings. The standard InChI is InChI=1S/C25H24N4O2S/c26-24(30)23-21(20-6-1-2-7-22(20)32-23)15-18-5-3-14-29(18)16-17-8-10-19(11-9-17)31-25-27-12-4-13-28-25/h1-2,4,6-13,18H,3,5,14-16H2,(H2,26,30)/t18-/m1/s1. The molecule has 2 aromatic carbocycles. The number of aromatic nitrogens is 2. The summed E-state index contributed by atoms with van der Waals surface area (Å²) in [6.07, 6.45) is 6.43. The molecule has 4 aromatic rings. The minimum atomic E-state index is -0.330. The molecule has 1 amide bonds. The molecular weight excluding hydrogens is 420 g/mol. The van der Waals surface area contributed by atoms with Gasteiger partial charge in [0.05, 0.1) is 4.88 Å². The molecule has 2 N–H and O–H groups in total. The van der Waals surface area contributed by atoms with Crippen LogP contribution in [0.2, 0.25) is 0 Å². The van der Waals surface area contributed by atoms with E-state index in [4.69, 9.17) is 10.5 Å². The summed E-state index contributed by atoms with van der Waals surface area (Å²) in [5.74, 6) is 0.387. The summed E-state index contributed by atoms with van der Waals surface area (Å²) < 4.78 is 6.82. The largest absolute Gasteiger partial charge is 0.424 e. The van der Waals surface area contributed by atoms with E-state index in [0.717, 1.165) is 48.0 Å². The van der Waals surface area contributed by atoms with Gasteiger partial charge in [-0.15, -0.1) is 11.3 Å². The fraction of sp³-hybridized carbons (Fsp3) is 0.240. The highest BCUT2D eigenvalue weighted by atomic mass is 32.1. The van der Waals surface area contributed by atoms with Gasteiger partial charge >= 0.3 is 6.01 Å². The Morgan fingerprint density at radius 2 is 1.88 bits per heavy atom. The molecule has 1 aliphatic heterocycles. The van der Waals surface area contributed by atoms with Gasteiger partial charge in [0.25, 0.3) is 5.91 Å². The van der Waals surface area contributed by atoms with Gasteiger partial charge in [-0.25, -0.2) is 9.97 Å². The molecule has 0 spiro atoms. The molecule has 3 heterocycles. The van der Waals surface area contributed by atoms with E-state index < -0.39 is 0 Å². The second-order valence-corrected chi connectivity index (χ2v) is 9.07. The Labute approximate surface area is 190 Å². The Hall–Kier alpha value is -3.29. The number of ether oxygens (including phenoxy) is 1. The molecule has 5 rings (SSSR count). The number of likely N-dealkylation sites (tertiary alicyclic amines) is 1. The number of fused-ring (bicyclic) bond motifs is 1. The van der Waals surface area contributed by atoms with E-state index in [2.05, 4.69) is 39.1 Å². The van der Waals surface area contributed by atoms with Crippen LogP contribution < -0.4 is 10.5 Å². The zero-order valence-corrected chi connectivity index (χ0v) is 18.4. The molecule has 0 bridgehead atoms. The van der Waals surface area contributed by atoms with Gasteiger partial charge < -0.3 is 10.5 Å². The van der Waals surface area contributed by atoms with Crippen LogP contribution >= 0.6 is 11.3 Å². The number of nitrogens with two attached hydrogens (primary N) is 1. The minimum absolute atomic E-state index is 0.330. The summed E-state index contributed by atoms with van der Waals surface area (Å²) in [7, 11) is 0. The predicted molar refractivity (Wildman–Crippen MR) is 126 cm³/mol. The summed E-state index contributed by atoms with van der Waals surface area (Å²) in [5.41, 5.74) is 8.04. The van der Waals surface area contributed by atoms with Crippen molar-refractivity contribution in [1.82, 2.24) is 14.9 Å². The third kappa shape index (κ3) is 4.35. The van der Waals surface area contributed by atoms with Crippen molar-refractivity contribution in [3.05, 3.63) is 83.0 Å². The first-order valence-electron chi connectivity index (χ1n) is 10.8. The van der Waals surface area contributed by atoms with E-state index in [1.54, 1.807) is 18.5 Å². The topological polar surface area (TPSA) is 81.3 Å². The molecule has 1 atom stereocenters. The van der Waals surface area contributed by atoms with Crippen LogP contribution in [0, 0.1) is 0 Å². The normalized spacial score (nSPS) is 16.4. The van der Waals surface area contributed by atoms with Crippen LogP contribution in [0.25, 0.3) is 10.1 Å². The maximum atomic E-state index is 12.1. The SMILES string of the molecule is NC(=O)c1sc2ccccc2c1C[C@H]1CCCN1Cc1ccc(Oc2ncccn2)cc1. The number of benzene rings is 2. The van der Waals surface area contributed by atoms with Gasteiger partial charge in [-0.3, -0.25) is 9.69 Å². The van der Waals surface area contributed by atoms with E-state index in [9.17, 15) is 4.79 Å². The van der Waals surface area contributed by atoms with Gasteiger partial charge in [-0.1, -0.05) is 30.3 Å². The van der Waals surface area contributed by atoms with Crippen LogP contribution in [0.15, 0.2) is 67.0 Å². The van der Waals surface area contributed by atoms with Gasteiger partial charge in [0.15, 0.2) is 0 Å². The maximum absolute atomic E-state index is 12.1. The summed E-state index contributed by atoms with van der Waals surface area (Å²) in [6.45, 7) is 1.91. The van der Waals surface area contributed by atoms with Gasteiger partial charge in [0, 0.05) is 29.7 Å². The van der Waals surface area contributed by atoms with Crippen LogP contribution in [0.5, 0.6) is 11.8 Å². The Morgan fingerprint density at radius 3 is 2.66 bits per heavy atom.